The van der Waals surface area contributed by atoms with Crippen LogP contribution < -0.4 is 4.87 Å². The van der Waals surface area contributed by atoms with Gasteiger partial charge in [-0.15, -0.1) is 0 Å². The zero-order valence-corrected chi connectivity index (χ0v) is 9.04. The molecule has 2 aromatic rings. The van der Waals surface area contributed by atoms with Crippen molar-refractivity contribution in [1.29, 1.82) is 0 Å². The first kappa shape index (κ1) is 9.43. The Kier molecular flexibility index (Phi) is 2.39. The van der Waals surface area contributed by atoms with Crippen LogP contribution in [0, 0.1) is 0 Å². The summed E-state index contributed by atoms with van der Waals surface area (Å²) < 4.78 is 2.85. The Bertz CT molecular complexity index is 498. The molecule has 0 saturated heterocycles. The summed E-state index contributed by atoms with van der Waals surface area (Å²) in [6.45, 7) is 0.642. The van der Waals surface area contributed by atoms with Crippen molar-refractivity contribution in [3.05, 3.63) is 33.9 Å². The second-order valence-corrected chi connectivity index (χ2v) is 4.48. The highest BCUT2D eigenvalue weighted by Crippen LogP contribution is 2.16. The minimum Gasteiger partial charge on any atom is -0.292 e. The normalized spacial score (nSPS) is 11.4. The van der Waals surface area contributed by atoms with Crippen molar-refractivity contribution in [2.45, 2.75) is 6.67 Å². The minimum absolute atomic E-state index is 0.111. The Morgan fingerprint density at radius 3 is 2.79 bits per heavy atom. The van der Waals surface area contributed by atoms with Crippen LogP contribution in [0.25, 0.3) is 10.2 Å². The Morgan fingerprint density at radius 1 is 1.36 bits per heavy atom. The molecule has 1 aromatic heterocycles. The lowest BCUT2D eigenvalue weighted by atomic mass is 10.3. The summed E-state index contributed by atoms with van der Waals surface area (Å²) in [5, 5.41) is 0. The molecule has 0 N–H and O–H groups in total. The SMILES string of the molecule is CN(C)Cn1c(=O)sc2ccccc21. The number of hydrogen-bond acceptors (Lipinski definition) is 3. The number of benzene rings is 1. The van der Waals surface area contributed by atoms with Crippen LogP contribution >= 0.6 is 11.3 Å². The summed E-state index contributed by atoms with van der Waals surface area (Å²) >= 11 is 1.30. The molecule has 74 valence electrons. The third kappa shape index (κ3) is 1.58. The third-order valence-corrected chi connectivity index (χ3v) is 2.96. The summed E-state index contributed by atoms with van der Waals surface area (Å²) in [5.74, 6) is 0. The van der Waals surface area contributed by atoms with Crippen molar-refractivity contribution in [3.63, 3.8) is 0 Å². The van der Waals surface area contributed by atoms with Crippen LogP contribution in [0.5, 0.6) is 0 Å². The first-order valence-electron chi connectivity index (χ1n) is 4.41. The van der Waals surface area contributed by atoms with Crippen molar-refractivity contribution in [3.8, 4) is 0 Å². The number of rotatable bonds is 2. The van der Waals surface area contributed by atoms with E-state index in [1.54, 1.807) is 4.57 Å². The van der Waals surface area contributed by atoms with E-state index in [1.165, 1.54) is 11.3 Å². The molecule has 4 heteroatoms. The molecule has 14 heavy (non-hydrogen) atoms. The van der Waals surface area contributed by atoms with Crippen LogP contribution in [0.1, 0.15) is 0 Å². The molecule has 1 aromatic carbocycles. The van der Waals surface area contributed by atoms with Gasteiger partial charge in [0.2, 0.25) is 0 Å². The zero-order valence-electron chi connectivity index (χ0n) is 8.23. The molecule has 2 rings (SSSR count). The van der Waals surface area contributed by atoms with Crippen LogP contribution in [0.15, 0.2) is 29.1 Å². The van der Waals surface area contributed by atoms with Crippen molar-refractivity contribution < 1.29 is 0 Å². The second-order valence-electron chi connectivity index (χ2n) is 3.48. The zero-order chi connectivity index (χ0) is 10.1. The quantitative estimate of drug-likeness (QED) is 0.748. The van der Waals surface area contributed by atoms with Gasteiger partial charge in [-0.25, -0.2) is 0 Å². The van der Waals surface area contributed by atoms with Gasteiger partial charge in [-0.3, -0.25) is 14.3 Å². The summed E-state index contributed by atoms with van der Waals surface area (Å²) in [6, 6.07) is 7.88. The molecule has 0 aliphatic heterocycles. The van der Waals surface area contributed by atoms with E-state index in [0.29, 0.717) is 6.67 Å². The van der Waals surface area contributed by atoms with Gasteiger partial charge in [0, 0.05) is 0 Å². The Morgan fingerprint density at radius 2 is 2.07 bits per heavy atom. The van der Waals surface area contributed by atoms with Crippen molar-refractivity contribution in [2.24, 2.45) is 0 Å². The van der Waals surface area contributed by atoms with Crippen LogP contribution in [0.3, 0.4) is 0 Å². The molecule has 0 bridgehead atoms. The molecule has 0 radical (unpaired) electrons. The standard InChI is InChI=1S/C10H12N2OS/c1-11(2)7-12-8-5-3-4-6-9(8)14-10(12)13/h3-6H,7H2,1-2H3. The van der Waals surface area contributed by atoms with Crippen LogP contribution in [-0.2, 0) is 6.67 Å². The lowest BCUT2D eigenvalue weighted by molar-refractivity contribution is 0.329. The van der Waals surface area contributed by atoms with E-state index in [4.69, 9.17) is 0 Å². The number of para-hydroxylation sites is 1. The number of hydrogen-bond donors (Lipinski definition) is 0. The van der Waals surface area contributed by atoms with E-state index in [-0.39, 0.29) is 4.87 Å². The van der Waals surface area contributed by atoms with Crippen molar-refractivity contribution in [1.82, 2.24) is 9.47 Å². The van der Waals surface area contributed by atoms with Gasteiger partial charge in [0.05, 0.1) is 16.9 Å². The molecule has 0 amide bonds. The summed E-state index contributed by atoms with van der Waals surface area (Å²) in [6.07, 6.45) is 0. The topological polar surface area (TPSA) is 25.2 Å². The number of aromatic nitrogens is 1. The van der Waals surface area contributed by atoms with E-state index in [9.17, 15) is 4.79 Å². The van der Waals surface area contributed by atoms with E-state index >= 15 is 0 Å². The lowest BCUT2D eigenvalue weighted by Gasteiger charge is -2.10. The first-order chi connectivity index (χ1) is 6.68. The van der Waals surface area contributed by atoms with Gasteiger partial charge in [-0.05, 0) is 26.2 Å². The Balaban J connectivity index is 2.62. The first-order valence-corrected chi connectivity index (χ1v) is 5.23. The van der Waals surface area contributed by atoms with Gasteiger partial charge in [-0.2, -0.15) is 0 Å². The van der Waals surface area contributed by atoms with E-state index in [0.717, 1.165) is 10.2 Å². The maximum atomic E-state index is 11.6. The summed E-state index contributed by atoms with van der Waals surface area (Å²) in [7, 11) is 3.91. The molecule has 0 saturated carbocycles. The van der Waals surface area contributed by atoms with Crippen LogP contribution in [0.2, 0.25) is 0 Å². The molecule has 3 nitrogen and oxygen atoms in total. The molecule has 0 atom stereocenters. The maximum Gasteiger partial charge on any atom is 0.309 e. The number of fused-ring (bicyclic) bond motifs is 1. The van der Waals surface area contributed by atoms with Crippen molar-refractivity contribution >= 4 is 21.6 Å². The summed E-state index contributed by atoms with van der Waals surface area (Å²) in [4.78, 5) is 13.7. The van der Waals surface area contributed by atoms with E-state index in [1.807, 2.05) is 43.3 Å². The van der Waals surface area contributed by atoms with Crippen LogP contribution in [-0.4, -0.2) is 23.6 Å². The molecular weight excluding hydrogens is 196 g/mol. The molecule has 0 fully saturated rings. The third-order valence-electron chi connectivity index (χ3n) is 2.00. The molecular formula is C10H12N2OS. The smallest absolute Gasteiger partial charge is 0.292 e. The second kappa shape index (κ2) is 3.55. The minimum atomic E-state index is 0.111. The predicted molar refractivity (Wildman–Crippen MR) is 59.8 cm³/mol. The molecule has 0 aliphatic rings. The van der Waals surface area contributed by atoms with Gasteiger partial charge in [0.25, 0.3) is 0 Å². The van der Waals surface area contributed by atoms with Crippen molar-refractivity contribution in [2.75, 3.05) is 14.1 Å². The highest BCUT2D eigenvalue weighted by atomic mass is 32.1. The van der Waals surface area contributed by atoms with E-state index < -0.39 is 0 Å². The van der Waals surface area contributed by atoms with E-state index in [2.05, 4.69) is 0 Å². The average molecular weight is 208 g/mol. The molecule has 0 unspecified atom stereocenters. The fourth-order valence-corrected chi connectivity index (χ4v) is 2.31. The molecule has 0 aliphatic carbocycles. The Hall–Kier alpha value is -1.13. The van der Waals surface area contributed by atoms with Gasteiger partial charge in [0.15, 0.2) is 0 Å². The highest BCUT2D eigenvalue weighted by Gasteiger charge is 2.06. The maximum absolute atomic E-state index is 11.6. The average Bonchev–Trinajstić information content (AvgIpc) is 2.43. The van der Waals surface area contributed by atoms with Gasteiger partial charge in [0.1, 0.15) is 0 Å². The predicted octanol–water partition coefficient (Wildman–Crippen LogP) is 1.58. The van der Waals surface area contributed by atoms with Crippen LogP contribution in [0.4, 0.5) is 0 Å². The van der Waals surface area contributed by atoms with Gasteiger partial charge >= 0.3 is 4.87 Å². The fraction of sp³-hybridized carbons (Fsp3) is 0.300. The number of thiazole rings is 1. The van der Waals surface area contributed by atoms with Gasteiger partial charge in [-0.1, -0.05) is 23.5 Å². The molecule has 0 spiro atoms. The fourth-order valence-electron chi connectivity index (χ4n) is 1.43. The largest absolute Gasteiger partial charge is 0.309 e. The lowest BCUT2D eigenvalue weighted by Crippen LogP contribution is -2.23. The molecule has 1 heterocycles. The summed E-state index contributed by atoms with van der Waals surface area (Å²) in [5.41, 5.74) is 1.02. The monoisotopic (exact) mass is 208 g/mol. The van der Waals surface area contributed by atoms with Gasteiger partial charge < -0.3 is 0 Å². The number of nitrogens with zero attached hydrogens (tertiary/aromatic N) is 2. The Labute approximate surface area is 86.2 Å². The highest BCUT2D eigenvalue weighted by molar-refractivity contribution is 7.16.